The van der Waals surface area contributed by atoms with Crippen LogP contribution in [0.4, 0.5) is 5.69 Å². The monoisotopic (exact) mass is 454 g/mol. The number of benzene rings is 3. The number of hydrogen-bond donors (Lipinski definition) is 0. The molecule has 0 bridgehead atoms. The van der Waals surface area contributed by atoms with Crippen molar-refractivity contribution in [2.75, 3.05) is 4.90 Å². The van der Waals surface area contributed by atoms with E-state index in [1.54, 1.807) is 4.90 Å². The SMILES string of the molecule is Cc1ccc(Cn2cc(/C=C3/SC(=S)N(c4ccccc4C)C3=O)c3ccccc32)cc1. The van der Waals surface area contributed by atoms with Crippen LogP contribution in [0.3, 0.4) is 0 Å². The van der Waals surface area contributed by atoms with Crippen LogP contribution in [0, 0.1) is 13.8 Å². The van der Waals surface area contributed by atoms with Crippen LogP contribution in [-0.2, 0) is 11.3 Å². The third kappa shape index (κ3) is 3.78. The Hall–Kier alpha value is -3.15. The number of aryl methyl sites for hydroxylation is 2. The van der Waals surface area contributed by atoms with Crippen molar-refractivity contribution >= 4 is 56.9 Å². The molecule has 158 valence electrons. The first kappa shape index (κ1) is 20.7. The number of carbonyl (C=O) groups excluding carboxylic acids is 1. The van der Waals surface area contributed by atoms with Crippen molar-refractivity contribution in [3.63, 3.8) is 0 Å². The van der Waals surface area contributed by atoms with Gasteiger partial charge in [0.1, 0.15) is 0 Å². The molecule has 1 saturated heterocycles. The molecule has 1 aliphatic heterocycles. The largest absolute Gasteiger partial charge is 0.342 e. The van der Waals surface area contributed by atoms with E-state index in [1.165, 1.54) is 22.9 Å². The molecule has 2 heterocycles. The van der Waals surface area contributed by atoms with Gasteiger partial charge in [-0.15, -0.1) is 0 Å². The van der Waals surface area contributed by atoms with E-state index in [1.807, 2.05) is 43.3 Å². The van der Waals surface area contributed by atoms with E-state index in [9.17, 15) is 4.79 Å². The smallest absolute Gasteiger partial charge is 0.270 e. The van der Waals surface area contributed by atoms with Crippen LogP contribution in [0.25, 0.3) is 17.0 Å². The number of thiocarbonyl (C=S) groups is 1. The first-order valence-electron chi connectivity index (χ1n) is 10.5. The zero-order valence-electron chi connectivity index (χ0n) is 17.9. The van der Waals surface area contributed by atoms with E-state index in [-0.39, 0.29) is 5.91 Å². The molecule has 0 radical (unpaired) electrons. The van der Waals surface area contributed by atoms with Gasteiger partial charge in [0, 0.05) is 29.2 Å². The number of anilines is 1. The minimum absolute atomic E-state index is 0.0651. The van der Waals surface area contributed by atoms with E-state index < -0.39 is 0 Å². The molecule has 0 aliphatic carbocycles. The van der Waals surface area contributed by atoms with Crippen molar-refractivity contribution < 1.29 is 4.79 Å². The average molecular weight is 455 g/mol. The Kier molecular flexibility index (Phi) is 5.45. The molecule has 0 N–H and O–H groups in total. The highest BCUT2D eigenvalue weighted by molar-refractivity contribution is 8.27. The second-order valence-electron chi connectivity index (χ2n) is 8.02. The summed E-state index contributed by atoms with van der Waals surface area (Å²) in [5.74, 6) is -0.0651. The summed E-state index contributed by atoms with van der Waals surface area (Å²) in [7, 11) is 0. The lowest BCUT2D eigenvalue weighted by Gasteiger charge is -2.16. The molecule has 0 atom stereocenters. The molecular weight excluding hydrogens is 432 g/mol. The van der Waals surface area contributed by atoms with Gasteiger partial charge in [0.05, 0.1) is 10.6 Å². The fourth-order valence-corrected chi connectivity index (χ4v) is 5.32. The molecule has 1 amide bonds. The zero-order chi connectivity index (χ0) is 22.2. The molecule has 0 spiro atoms. The summed E-state index contributed by atoms with van der Waals surface area (Å²) in [6.07, 6.45) is 4.11. The third-order valence-corrected chi connectivity index (χ3v) is 7.03. The number of fused-ring (bicyclic) bond motifs is 1. The summed E-state index contributed by atoms with van der Waals surface area (Å²) in [5, 5.41) is 1.13. The Morgan fingerprint density at radius 1 is 0.938 bits per heavy atom. The molecule has 4 aromatic rings. The summed E-state index contributed by atoms with van der Waals surface area (Å²) in [4.78, 5) is 15.6. The van der Waals surface area contributed by atoms with Gasteiger partial charge in [-0.2, -0.15) is 0 Å². The lowest BCUT2D eigenvalue weighted by atomic mass is 10.1. The summed E-state index contributed by atoms with van der Waals surface area (Å²) in [6, 6.07) is 24.8. The third-order valence-electron chi connectivity index (χ3n) is 5.73. The van der Waals surface area contributed by atoms with Crippen LogP contribution in [0.15, 0.2) is 83.9 Å². The Labute approximate surface area is 197 Å². The molecule has 1 fully saturated rings. The number of rotatable bonds is 4. The van der Waals surface area contributed by atoms with Crippen LogP contribution in [0.1, 0.15) is 22.3 Å². The summed E-state index contributed by atoms with van der Waals surface area (Å²) >= 11 is 6.94. The van der Waals surface area contributed by atoms with Crippen molar-refractivity contribution in [1.82, 2.24) is 4.57 Å². The molecule has 5 heteroatoms. The normalized spacial score (nSPS) is 15.3. The van der Waals surface area contributed by atoms with Gasteiger partial charge in [0.2, 0.25) is 0 Å². The summed E-state index contributed by atoms with van der Waals surface area (Å²) in [6.45, 7) is 4.87. The van der Waals surface area contributed by atoms with E-state index in [0.29, 0.717) is 9.23 Å². The topological polar surface area (TPSA) is 25.2 Å². The molecule has 5 rings (SSSR count). The van der Waals surface area contributed by atoms with Gasteiger partial charge < -0.3 is 4.57 Å². The lowest BCUT2D eigenvalue weighted by Crippen LogP contribution is -2.28. The standard InChI is InChI=1S/C27H22N2OS2/c1-18-11-13-20(14-12-18)16-28-17-21(22-8-4-6-10-24(22)28)15-25-26(30)29(27(31)32-25)23-9-5-3-7-19(23)2/h3-15,17H,16H2,1-2H3/b25-15+. The molecular formula is C27H22N2OS2. The first-order valence-corrected chi connectivity index (χ1v) is 11.7. The Morgan fingerprint density at radius 3 is 2.44 bits per heavy atom. The quantitative estimate of drug-likeness (QED) is 0.253. The van der Waals surface area contributed by atoms with E-state index in [4.69, 9.17) is 12.2 Å². The van der Waals surface area contributed by atoms with Crippen molar-refractivity contribution in [3.05, 3.63) is 106 Å². The molecule has 0 unspecified atom stereocenters. The van der Waals surface area contributed by atoms with Gasteiger partial charge in [0.25, 0.3) is 5.91 Å². The molecule has 32 heavy (non-hydrogen) atoms. The molecule has 3 aromatic carbocycles. The van der Waals surface area contributed by atoms with Crippen LogP contribution in [0.2, 0.25) is 0 Å². The number of carbonyl (C=O) groups is 1. The van der Waals surface area contributed by atoms with Gasteiger partial charge in [-0.1, -0.05) is 90.2 Å². The predicted molar refractivity (Wildman–Crippen MR) is 139 cm³/mol. The van der Waals surface area contributed by atoms with Crippen molar-refractivity contribution in [1.29, 1.82) is 0 Å². The molecule has 0 saturated carbocycles. The maximum absolute atomic E-state index is 13.3. The number of aromatic nitrogens is 1. The fourth-order valence-electron chi connectivity index (χ4n) is 4.04. The highest BCUT2D eigenvalue weighted by atomic mass is 32.2. The lowest BCUT2D eigenvalue weighted by molar-refractivity contribution is -0.113. The highest BCUT2D eigenvalue weighted by Crippen LogP contribution is 2.38. The molecule has 1 aliphatic rings. The van der Waals surface area contributed by atoms with Gasteiger partial charge >= 0.3 is 0 Å². The molecule has 3 nitrogen and oxygen atoms in total. The fraction of sp³-hybridized carbons (Fsp3) is 0.111. The summed E-state index contributed by atoms with van der Waals surface area (Å²) < 4.78 is 2.81. The van der Waals surface area contributed by atoms with E-state index in [0.717, 1.165) is 34.3 Å². The maximum atomic E-state index is 13.3. The minimum Gasteiger partial charge on any atom is -0.342 e. The Balaban J connectivity index is 1.53. The van der Waals surface area contributed by atoms with Gasteiger partial charge in [-0.05, 0) is 43.2 Å². The Bertz CT molecular complexity index is 1380. The number of nitrogens with zero attached hydrogens (tertiary/aromatic N) is 2. The van der Waals surface area contributed by atoms with Crippen molar-refractivity contribution in [2.45, 2.75) is 20.4 Å². The number of hydrogen-bond acceptors (Lipinski definition) is 3. The van der Waals surface area contributed by atoms with Gasteiger partial charge in [-0.25, -0.2) is 0 Å². The van der Waals surface area contributed by atoms with Crippen molar-refractivity contribution in [3.8, 4) is 0 Å². The highest BCUT2D eigenvalue weighted by Gasteiger charge is 2.34. The Morgan fingerprint density at radius 2 is 1.66 bits per heavy atom. The van der Waals surface area contributed by atoms with Gasteiger partial charge in [0.15, 0.2) is 4.32 Å². The van der Waals surface area contributed by atoms with Crippen LogP contribution >= 0.6 is 24.0 Å². The summed E-state index contributed by atoms with van der Waals surface area (Å²) in [5.41, 5.74) is 6.54. The van der Waals surface area contributed by atoms with Crippen molar-refractivity contribution in [2.24, 2.45) is 0 Å². The maximum Gasteiger partial charge on any atom is 0.270 e. The van der Waals surface area contributed by atoms with Gasteiger partial charge in [-0.3, -0.25) is 9.69 Å². The van der Waals surface area contributed by atoms with Crippen LogP contribution in [-0.4, -0.2) is 14.8 Å². The number of thioether (sulfide) groups is 1. The average Bonchev–Trinajstić information content (AvgIpc) is 3.27. The second-order valence-corrected chi connectivity index (χ2v) is 9.69. The van der Waals surface area contributed by atoms with Crippen LogP contribution < -0.4 is 4.90 Å². The second kappa shape index (κ2) is 8.41. The van der Waals surface area contributed by atoms with E-state index >= 15 is 0 Å². The first-order chi connectivity index (χ1) is 15.5. The predicted octanol–water partition coefficient (Wildman–Crippen LogP) is 6.71. The minimum atomic E-state index is -0.0651. The molecule has 1 aromatic heterocycles. The van der Waals surface area contributed by atoms with Crippen LogP contribution in [0.5, 0.6) is 0 Å². The van der Waals surface area contributed by atoms with E-state index in [2.05, 4.69) is 60.2 Å². The number of amides is 1. The number of para-hydroxylation sites is 2. The zero-order valence-corrected chi connectivity index (χ0v) is 19.5.